The molecule has 0 radical (unpaired) electrons. The Labute approximate surface area is 119 Å². The summed E-state index contributed by atoms with van der Waals surface area (Å²) in [6.45, 7) is 3.94. The summed E-state index contributed by atoms with van der Waals surface area (Å²) >= 11 is 0. The van der Waals surface area contributed by atoms with Crippen LogP contribution in [-0.4, -0.2) is 13.3 Å². The van der Waals surface area contributed by atoms with E-state index in [4.69, 9.17) is 15.2 Å². The second kappa shape index (κ2) is 4.62. The van der Waals surface area contributed by atoms with Crippen molar-refractivity contribution in [2.75, 3.05) is 13.3 Å². The topological polar surface area (TPSA) is 44.5 Å². The van der Waals surface area contributed by atoms with Gasteiger partial charge in [-0.1, -0.05) is 12.8 Å². The first-order valence-corrected chi connectivity index (χ1v) is 7.30. The van der Waals surface area contributed by atoms with Crippen LogP contribution in [0.3, 0.4) is 0 Å². The van der Waals surface area contributed by atoms with Gasteiger partial charge >= 0.3 is 0 Å². The molecule has 20 heavy (non-hydrogen) atoms. The molecule has 1 aliphatic heterocycles. The molecular weight excluding hydrogens is 257 g/mol. The number of benzene rings is 1. The lowest BCUT2D eigenvalue weighted by atomic mass is 9.74. The summed E-state index contributed by atoms with van der Waals surface area (Å²) in [6.07, 6.45) is 4.34. The Morgan fingerprint density at radius 1 is 1.20 bits per heavy atom. The van der Waals surface area contributed by atoms with E-state index in [9.17, 15) is 4.39 Å². The molecule has 110 valence electrons. The monoisotopic (exact) mass is 279 g/mol. The third-order valence-electron chi connectivity index (χ3n) is 4.68. The smallest absolute Gasteiger partial charge is 0.231 e. The van der Waals surface area contributed by atoms with Crippen molar-refractivity contribution in [3.05, 3.63) is 23.3 Å². The summed E-state index contributed by atoms with van der Waals surface area (Å²) in [5, 5.41) is 0. The lowest BCUT2D eigenvalue weighted by Gasteiger charge is -2.33. The SMILES string of the molecule is CC(C)(F)c1cc2c(cc1C1(CN)CCCC1)OCO2. The highest BCUT2D eigenvalue weighted by molar-refractivity contribution is 5.53. The molecule has 0 unspecified atom stereocenters. The number of fused-ring (bicyclic) bond motifs is 1. The van der Waals surface area contributed by atoms with E-state index >= 15 is 0 Å². The van der Waals surface area contributed by atoms with E-state index in [1.54, 1.807) is 19.9 Å². The summed E-state index contributed by atoms with van der Waals surface area (Å²) < 4.78 is 25.5. The first-order chi connectivity index (χ1) is 9.46. The van der Waals surface area contributed by atoms with Crippen molar-refractivity contribution in [2.45, 2.75) is 50.6 Å². The minimum atomic E-state index is -1.42. The zero-order chi connectivity index (χ0) is 14.4. The molecule has 4 heteroatoms. The predicted molar refractivity (Wildman–Crippen MR) is 75.9 cm³/mol. The van der Waals surface area contributed by atoms with Gasteiger partial charge in [0.1, 0.15) is 5.67 Å². The Kier molecular flexibility index (Phi) is 3.16. The molecule has 3 nitrogen and oxygen atoms in total. The van der Waals surface area contributed by atoms with Crippen LogP contribution in [0.1, 0.15) is 50.7 Å². The van der Waals surface area contributed by atoms with Crippen LogP contribution in [0.15, 0.2) is 12.1 Å². The molecule has 2 aliphatic rings. The molecule has 0 aromatic heterocycles. The van der Waals surface area contributed by atoms with Crippen LogP contribution in [-0.2, 0) is 11.1 Å². The maximum Gasteiger partial charge on any atom is 0.231 e. The summed E-state index contributed by atoms with van der Waals surface area (Å²) in [6, 6.07) is 3.75. The summed E-state index contributed by atoms with van der Waals surface area (Å²) in [4.78, 5) is 0. The summed E-state index contributed by atoms with van der Waals surface area (Å²) in [5.41, 5.74) is 6.23. The molecule has 0 amide bonds. The fourth-order valence-corrected chi connectivity index (χ4v) is 3.51. The molecule has 0 saturated heterocycles. The lowest BCUT2D eigenvalue weighted by molar-refractivity contribution is 0.173. The number of rotatable bonds is 3. The Hall–Kier alpha value is -1.29. The van der Waals surface area contributed by atoms with Gasteiger partial charge in [0.05, 0.1) is 0 Å². The summed E-state index contributed by atoms with van der Waals surface area (Å²) in [7, 11) is 0. The van der Waals surface area contributed by atoms with Gasteiger partial charge in [-0.05, 0) is 49.9 Å². The summed E-state index contributed by atoms with van der Waals surface area (Å²) in [5.74, 6) is 1.35. The van der Waals surface area contributed by atoms with Gasteiger partial charge in [-0.25, -0.2) is 4.39 Å². The highest BCUT2D eigenvalue weighted by Gasteiger charge is 2.40. The molecule has 1 aliphatic carbocycles. The molecule has 1 fully saturated rings. The third-order valence-corrected chi connectivity index (χ3v) is 4.68. The van der Waals surface area contributed by atoms with E-state index in [0.29, 0.717) is 23.6 Å². The van der Waals surface area contributed by atoms with Gasteiger partial charge < -0.3 is 15.2 Å². The number of halogens is 1. The van der Waals surface area contributed by atoms with Crippen LogP contribution in [0, 0.1) is 0 Å². The van der Waals surface area contributed by atoms with E-state index in [1.807, 2.05) is 6.07 Å². The molecule has 1 heterocycles. The van der Waals surface area contributed by atoms with E-state index in [-0.39, 0.29) is 12.2 Å². The molecule has 0 bridgehead atoms. The van der Waals surface area contributed by atoms with E-state index in [2.05, 4.69) is 0 Å². The van der Waals surface area contributed by atoms with Crippen LogP contribution in [0.2, 0.25) is 0 Å². The fraction of sp³-hybridized carbons (Fsp3) is 0.625. The maximum absolute atomic E-state index is 14.7. The number of alkyl halides is 1. The first-order valence-electron chi connectivity index (χ1n) is 7.30. The van der Waals surface area contributed by atoms with Crippen molar-refractivity contribution < 1.29 is 13.9 Å². The molecular formula is C16H22FNO2. The van der Waals surface area contributed by atoms with Crippen molar-refractivity contribution in [3.63, 3.8) is 0 Å². The van der Waals surface area contributed by atoms with Crippen LogP contribution >= 0.6 is 0 Å². The second-order valence-corrected chi connectivity index (χ2v) is 6.42. The van der Waals surface area contributed by atoms with Gasteiger partial charge in [0.25, 0.3) is 0 Å². The lowest BCUT2D eigenvalue weighted by Crippen LogP contribution is -2.34. The zero-order valence-corrected chi connectivity index (χ0v) is 12.2. The zero-order valence-electron chi connectivity index (χ0n) is 12.2. The van der Waals surface area contributed by atoms with E-state index in [0.717, 1.165) is 31.2 Å². The van der Waals surface area contributed by atoms with E-state index in [1.165, 1.54) is 0 Å². The molecule has 1 saturated carbocycles. The van der Waals surface area contributed by atoms with Crippen LogP contribution in [0.25, 0.3) is 0 Å². The second-order valence-electron chi connectivity index (χ2n) is 6.42. The molecule has 0 spiro atoms. The normalized spacial score (nSPS) is 20.4. The van der Waals surface area contributed by atoms with Gasteiger partial charge in [0.2, 0.25) is 6.79 Å². The van der Waals surface area contributed by atoms with Crippen LogP contribution in [0.4, 0.5) is 4.39 Å². The van der Waals surface area contributed by atoms with Gasteiger partial charge in [-0.2, -0.15) is 0 Å². The Morgan fingerprint density at radius 3 is 2.35 bits per heavy atom. The maximum atomic E-state index is 14.7. The van der Waals surface area contributed by atoms with Crippen molar-refractivity contribution >= 4 is 0 Å². The van der Waals surface area contributed by atoms with Gasteiger partial charge in [0.15, 0.2) is 11.5 Å². The Balaban J connectivity index is 2.18. The highest BCUT2D eigenvalue weighted by Crippen LogP contribution is 2.48. The third kappa shape index (κ3) is 2.06. The molecule has 1 aromatic carbocycles. The average Bonchev–Trinajstić information content (AvgIpc) is 3.05. The van der Waals surface area contributed by atoms with Gasteiger partial charge in [0, 0.05) is 12.0 Å². The Bertz CT molecular complexity index is 516. The number of ether oxygens (including phenoxy) is 2. The van der Waals surface area contributed by atoms with Crippen LogP contribution in [0.5, 0.6) is 11.5 Å². The minimum Gasteiger partial charge on any atom is -0.454 e. The predicted octanol–water partition coefficient (Wildman–Crippen LogP) is 3.39. The van der Waals surface area contributed by atoms with Crippen molar-refractivity contribution in [1.29, 1.82) is 0 Å². The van der Waals surface area contributed by atoms with Crippen molar-refractivity contribution in [3.8, 4) is 11.5 Å². The largest absolute Gasteiger partial charge is 0.454 e. The quantitative estimate of drug-likeness (QED) is 0.922. The minimum absolute atomic E-state index is 0.111. The van der Waals surface area contributed by atoms with Gasteiger partial charge in [-0.3, -0.25) is 0 Å². The highest BCUT2D eigenvalue weighted by atomic mass is 19.1. The number of hydrogen-bond acceptors (Lipinski definition) is 3. The number of hydrogen-bond donors (Lipinski definition) is 1. The molecule has 1 aromatic rings. The van der Waals surface area contributed by atoms with E-state index < -0.39 is 5.67 Å². The standard InChI is InChI=1S/C16H22FNO2/c1-15(2,17)11-7-13-14(20-10-19-13)8-12(11)16(9-18)5-3-4-6-16/h7-8H,3-6,9-10,18H2,1-2H3. The molecule has 3 rings (SSSR count). The average molecular weight is 279 g/mol. The Morgan fingerprint density at radius 2 is 1.80 bits per heavy atom. The molecule has 0 atom stereocenters. The van der Waals surface area contributed by atoms with Crippen molar-refractivity contribution in [2.24, 2.45) is 5.73 Å². The van der Waals surface area contributed by atoms with Crippen molar-refractivity contribution in [1.82, 2.24) is 0 Å². The van der Waals surface area contributed by atoms with Gasteiger partial charge in [-0.15, -0.1) is 0 Å². The molecule has 2 N–H and O–H groups in total. The fourth-order valence-electron chi connectivity index (χ4n) is 3.51. The van der Waals surface area contributed by atoms with Crippen LogP contribution < -0.4 is 15.2 Å². The first kappa shape index (κ1) is 13.7. The number of nitrogens with two attached hydrogens (primary N) is 1.